The maximum atomic E-state index is 4.42. The van der Waals surface area contributed by atoms with Crippen LogP contribution in [0.2, 0.25) is 0 Å². The van der Waals surface area contributed by atoms with Gasteiger partial charge >= 0.3 is 0 Å². The molecule has 0 aliphatic rings. The van der Waals surface area contributed by atoms with Gasteiger partial charge in [-0.1, -0.05) is 13.8 Å². The molecule has 0 aromatic heterocycles. The highest BCUT2D eigenvalue weighted by molar-refractivity contribution is 7.80. The maximum absolute atomic E-state index is 4.42. The van der Waals surface area contributed by atoms with Crippen molar-refractivity contribution in [3.8, 4) is 0 Å². The van der Waals surface area contributed by atoms with Crippen LogP contribution in [0.15, 0.2) is 0 Å². The van der Waals surface area contributed by atoms with Gasteiger partial charge in [-0.3, -0.25) is 0 Å². The Morgan fingerprint density at radius 2 is 1.88 bits per heavy atom. The van der Waals surface area contributed by atoms with Crippen LogP contribution in [0.4, 0.5) is 0 Å². The largest absolute Gasteiger partial charge is 0.315 e. The molecular formula is C11H27N3S2. The van der Waals surface area contributed by atoms with Crippen LogP contribution in [0, 0.1) is 0 Å². The summed E-state index contributed by atoms with van der Waals surface area (Å²) in [6.45, 7) is 10.3. The van der Waals surface area contributed by atoms with E-state index in [0.29, 0.717) is 6.04 Å². The van der Waals surface area contributed by atoms with Crippen molar-refractivity contribution in [2.24, 2.45) is 0 Å². The molecule has 16 heavy (non-hydrogen) atoms. The highest BCUT2D eigenvalue weighted by Crippen LogP contribution is 2.05. The van der Waals surface area contributed by atoms with Crippen molar-refractivity contribution < 1.29 is 0 Å². The molecule has 0 saturated heterocycles. The van der Waals surface area contributed by atoms with Crippen molar-refractivity contribution in [3.63, 3.8) is 0 Å². The van der Waals surface area contributed by atoms with Crippen molar-refractivity contribution >= 4 is 25.3 Å². The fraction of sp³-hybridized carbons (Fsp3) is 1.00. The van der Waals surface area contributed by atoms with Crippen molar-refractivity contribution in [3.05, 3.63) is 0 Å². The first kappa shape index (κ1) is 16.6. The molecule has 0 aliphatic heterocycles. The van der Waals surface area contributed by atoms with Gasteiger partial charge in [-0.25, -0.2) is 0 Å². The van der Waals surface area contributed by atoms with E-state index in [2.05, 4.69) is 62.0 Å². The van der Waals surface area contributed by atoms with Gasteiger partial charge in [0.2, 0.25) is 0 Å². The molecule has 98 valence electrons. The number of hydrogen-bond donors (Lipinski definition) is 5. The zero-order chi connectivity index (χ0) is 12.4. The van der Waals surface area contributed by atoms with Gasteiger partial charge < -0.3 is 16.0 Å². The lowest BCUT2D eigenvalue weighted by Gasteiger charge is -2.31. The van der Waals surface area contributed by atoms with E-state index in [1.165, 1.54) is 0 Å². The third-order valence-corrected chi connectivity index (χ3v) is 3.74. The Morgan fingerprint density at radius 1 is 1.19 bits per heavy atom. The SMILES string of the molecule is CCNC[C@](C)(CS)NC[C@H](CS)NCC. The molecule has 5 heteroatoms. The minimum atomic E-state index is 0.0513. The summed E-state index contributed by atoms with van der Waals surface area (Å²) in [5, 5.41) is 10.3. The fourth-order valence-corrected chi connectivity index (χ4v) is 1.92. The maximum Gasteiger partial charge on any atom is 0.0366 e. The van der Waals surface area contributed by atoms with Gasteiger partial charge in [0.1, 0.15) is 0 Å². The first-order chi connectivity index (χ1) is 7.61. The summed E-state index contributed by atoms with van der Waals surface area (Å²) in [5.74, 6) is 1.68. The number of likely N-dealkylation sites (N-methyl/N-ethyl adjacent to an activating group) is 2. The predicted molar refractivity (Wildman–Crippen MR) is 80.1 cm³/mol. The van der Waals surface area contributed by atoms with Crippen LogP contribution in [-0.4, -0.2) is 49.3 Å². The van der Waals surface area contributed by atoms with E-state index in [1.54, 1.807) is 0 Å². The quantitative estimate of drug-likeness (QED) is 0.379. The van der Waals surface area contributed by atoms with Crippen molar-refractivity contribution in [2.45, 2.75) is 32.4 Å². The minimum Gasteiger partial charge on any atom is -0.315 e. The Labute approximate surface area is 111 Å². The summed E-state index contributed by atoms with van der Waals surface area (Å²) in [6.07, 6.45) is 0. The van der Waals surface area contributed by atoms with E-state index < -0.39 is 0 Å². The zero-order valence-corrected chi connectivity index (χ0v) is 12.5. The molecule has 0 unspecified atom stereocenters. The molecule has 3 N–H and O–H groups in total. The van der Waals surface area contributed by atoms with Crippen LogP contribution in [0.1, 0.15) is 20.8 Å². The van der Waals surface area contributed by atoms with E-state index in [9.17, 15) is 0 Å². The Hall–Kier alpha value is 0.580. The first-order valence-corrected chi connectivity index (χ1v) is 7.29. The number of thiol groups is 2. The smallest absolute Gasteiger partial charge is 0.0366 e. The highest BCUT2D eigenvalue weighted by atomic mass is 32.1. The zero-order valence-electron chi connectivity index (χ0n) is 10.7. The molecule has 0 spiro atoms. The van der Waals surface area contributed by atoms with E-state index in [-0.39, 0.29) is 5.54 Å². The van der Waals surface area contributed by atoms with Gasteiger partial charge in [-0.05, 0) is 20.0 Å². The van der Waals surface area contributed by atoms with Crippen molar-refractivity contribution in [1.82, 2.24) is 16.0 Å². The molecule has 0 aromatic rings. The van der Waals surface area contributed by atoms with Gasteiger partial charge in [0.25, 0.3) is 0 Å². The van der Waals surface area contributed by atoms with E-state index in [4.69, 9.17) is 0 Å². The standard InChI is InChI=1S/C11H27N3S2/c1-4-12-8-11(3,9-16)14-6-10(7-15)13-5-2/h10,12-16H,4-9H2,1-3H3/t10-,11-/m1/s1. The second-order valence-electron chi connectivity index (χ2n) is 4.32. The third-order valence-electron chi connectivity index (χ3n) is 2.60. The molecule has 0 aliphatic carbocycles. The summed E-state index contributed by atoms with van der Waals surface area (Å²) in [4.78, 5) is 0. The van der Waals surface area contributed by atoms with Crippen molar-refractivity contribution in [1.29, 1.82) is 0 Å². The fourth-order valence-electron chi connectivity index (χ4n) is 1.43. The van der Waals surface area contributed by atoms with Gasteiger partial charge in [0.05, 0.1) is 0 Å². The molecule has 0 amide bonds. The van der Waals surface area contributed by atoms with Gasteiger partial charge in [-0.2, -0.15) is 25.3 Å². The first-order valence-electron chi connectivity index (χ1n) is 6.02. The van der Waals surface area contributed by atoms with Crippen LogP contribution in [0.5, 0.6) is 0 Å². The summed E-state index contributed by atoms with van der Waals surface area (Å²) in [7, 11) is 0. The lowest BCUT2D eigenvalue weighted by molar-refractivity contribution is 0.356. The van der Waals surface area contributed by atoms with E-state index in [1.807, 2.05) is 0 Å². The average Bonchev–Trinajstić information content (AvgIpc) is 2.32. The molecule has 3 nitrogen and oxygen atoms in total. The molecule has 0 aromatic carbocycles. The normalized spacial score (nSPS) is 17.1. The topological polar surface area (TPSA) is 36.1 Å². The second-order valence-corrected chi connectivity index (χ2v) is 5.00. The molecular weight excluding hydrogens is 238 g/mol. The summed E-state index contributed by atoms with van der Waals surface area (Å²) >= 11 is 8.76. The monoisotopic (exact) mass is 265 g/mol. The predicted octanol–water partition coefficient (Wildman–Crippen LogP) is 0.782. The Kier molecular flexibility index (Phi) is 9.94. The molecule has 0 rings (SSSR count). The average molecular weight is 265 g/mol. The van der Waals surface area contributed by atoms with Crippen LogP contribution in [-0.2, 0) is 0 Å². The third kappa shape index (κ3) is 7.01. The molecule has 2 atom stereocenters. The molecule has 0 heterocycles. The lowest BCUT2D eigenvalue weighted by Crippen LogP contribution is -2.55. The molecule has 0 saturated carbocycles. The van der Waals surface area contributed by atoms with Crippen LogP contribution >= 0.6 is 25.3 Å². The lowest BCUT2D eigenvalue weighted by atomic mass is 10.0. The van der Waals surface area contributed by atoms with Gasteiger partial charge in [0.15, 0.2) is 0 Å². The highest BCUT2D eigenvalue weighted by Gasteiger charge is 2.22. The van der Waals surface area contributed by atoms with E-state index in [0.717, 1.165) is 37.7 Å². The van der Waals surface area contributed by atoms with Crippen LogP contribution < -0.4 is 16.0 Å². The van der Waals surface area contributed by atoms with Crippen LogP contribution in [0.3, 0.4) is 0 Å². The summed E-state index contributed by atoms with van der Waals surface area (Å²) in [5.41, 5.74) is 0.0513. The van der Waals surface area contributed by atoms with Crippen molar-refractivity contribution in [2.75, 3.05) is 37.7 Å². The minimum absolute atomic E-state index is 0.0513. The molecule has 0 bridgehead atoms. The second kappa shape index (κ2) is 9.59. The van der Waals surface area contributed by atoms with Gasteiger partial charge in [-0.15, -0.1) is 0 Å². The summed E-state index contributed by atoms with van der Waals surface area (Å²) < 4.78 is 0. The number of rotatable bonds is 10. The molecule has 0 fully saturated rings. The molecule has 0 radical (unpaired) electrons. The van der Waals surface area contributed by atoms with E-state index >= 15 is 0 Å². The van der Waals surface area contributed by atoms with Gasteiger partial charge in [0, 0.05) is 36.2 Å². The Morgan fingerprint density at radius 3 is 2.31 bits per heavy atom. The van der Waals surface area contributed by atoms with Crippen LogP contribution in [0.25, 0.3) is 0 Å². The Balaban J connectivity index is 3.99. The Bertz CT molecular complexity index is 169. The summed E-state index contributed by atoms with van der Waals surface area (Å²) in [6, 6.07) is 0.425. The number of hydrogen-bond acceptors (Lipinski definition) is 5. The number of nitrogens with one attached hydrogen (secondary N) is 3.